The molecule has 0 saturated heterocycles. The number of nitrogens with zero attached hydrogens (tertiary/aromatic N) is 2. The highest BCUT2D eigenvalue weighted by atomic mass is 14.7. The summed E-state index contributed by atoms with van der Waals surface area (Å²) < 4.78 is 0. The Kier molecular flexibility index (Phi) is 1.40. The van der Waals surface area contributed by atoms with Crippen LogP contribution in [0.3, 0.4) is 0 Å². The lowest BCUT2D eigenvalue weighted by molar-refractivity contribution is 1.26. The van der Waals surface area contributed by atoms with E-state index in [0.717, 1.165) is 21.6 Å². The van der Waals surface area contributed by atoms with E-state index in [4.69, 9.17) is 0 Å². The molecule has 0 N–H and O–H groups in total. The summed E-state index contributed by atoms with van der Waals surface area (Å²) in [6.07, 6.45) is 1.74. The van der Waals surface area contributed by atoms with Gasteiger partial charge in [0.05, 0.1) is 16.4 Å². The third-order valence-electron chi connectivity index (χ3n) is 1.75. The molecule has 0 aliphatic rings. The van der Waals surface area contributed by atoms with Crippen LogP contribution in [0.2, 0.25) is 0 Å². The first-order valence-corrected chi connectivity index (χ1v) is 3.67. The van der Waals surface area contributed by atoms with Crippen LogP contribution in [-0.2, 0) is 0 Å². The second-order valence-corrected chi connectivity index (χ2v) is 2.64. The lowest BCUT2D eigenvalue weighted by Gasteiger charge is -1.93. The molecule has 12 heavy (non-hydrogen) atoms. The second kappa shape index (κ2) is 2.41. The summed E-state index contributed by atoms with van der Waals surface area (Å²) >= 11 is 0. The smallest absolute Gasteiger partial charge is 0.0894 e. The lowest BCUT2D eigenvalue weighted by atomic mass is 10.3. The average molecular weight is 156 g/mol. The van der Waals surface area contributed by atoms with Crippen molar-refractivity contribution >= 4 is 24.2 Å². The van der Waals surface area contributed by atoms with E-state index in [2.05, 4.69) is 23.1 Å². The molecule has 0 aliphatic heterocycles. The molecule has 58 valence electrons. The van der Waals surface area contributed by atoms with Crippen LogP contribution in [0, 0.1) is 0 Å². The maximum Gasteiger partial charge on any atom is 0.0894 e. The van der Waals surface area contributed by atoms with Gasteiger partial charge in [0.2, 0.25) is 0 Å². The maximum absolute atomic E-state index is 4.24. The van der Waals surface area contributed by atoms with Crippen LogP contribution in [0.25, 0.3) is 24.2 Å². The Balaban J connectivity index is 3.03. The van der Waals surface area contributed by atoms with Gasteiger partial charge in [0.15, 0.2) is 0 Å². The fraction of sp³-hybridized carbons (Fsp3) is 0. The van der Waals surface area contributed by atoms with Gasteiger partial charge in [-0.05, 0) is 23.4 Å². The Morgan fingerprint density at radius 1 is 1.17 bits per heavy atom. The zero-order valence-electron chi connectivity index (χ0n) is 6.62. The summed E-state index contributed by atoms with van der Waals surface area (Å²) in [5.74, 6) is 0. The predicted molar refractivity (Wildman–Crippen MR) is 49.8 cm³/mol. The molecule has 2 aromatic heterocycles. The summed E-state index contributed by atoms with van der Waals surface area (Å²) in [5.41, 5.74) is 1.74. The molecule has 0 aromatic carbocycles. The van der Waals surface area contributed by atoms with Crippen molar-refractivity contribution in [2.24, 2.45) is 0 Å². The van der Waals surface area contributed by atoms with Crippen molar-refractivity contribution in [3.05, 3.63) is 35.0 Å². The quantitative estimate of drug-likeness (QED) is 0.553. The average Bonchev–Trinajstić information content (AvgIpc) is 2.07. The van der Waals surface area contributed by atoms with Gasteiger partial charge in [-0.2, -0.15) is 0 Å². The van der Waals surface area contributed by atoms with E-state index in [0.29, 0.717) is 0 Å². The van der Waals surface area contributed by atoms with Crippen molar-refractivity contribution in [3.63, 3.8) is 0 Å². The molecule has 2 aromatic rings. The highest BCUT2D eigenvalue weighted by Gasteiger charge is 1.92. The minimum atomic E-state index is 0.718. The van der Waals surface area contributed by atoms with Crippen molar-refractivity contribution in [3.8, 4) is 0 Å². The van der Waals surface area contributed by atoms with E-state index in [1.54, 1.807) is 6.20 Å². The molecule has 0 spiro atoms. The SMILES string of the molecule is C=c1cc2ncccc2nc1=C. The number of fused-ring (bicyclic) bond motifs is 1. The zero-order valence-corrected chi connectivity index (χ0v) is 6.62. The minimum absolute atomic E-state index is 0.718. The molecular weight excluding hydrogens is 148 g/mol. The van der Waals surface area contributed by atoms with Gasteiger partial charge in [0, 0.05) is 6.20 Å². The molecule has 2 heteroatoms. The third-order valence-corrected chi connectivity index (χ3v) is 1.75. The summed E-state index contributed by atoms with van der Waals surface area (Å²) in [5, 5.41) is 1.55. The lowest BCUT2D eigenvalue weighted by Crippen LogP contribution is -2.24. The van der Waals surface area contributed by atoms with Crippen LogP contribution in [0.4, 0.5) is 0 Å². The number of aromatic nitrogens is 2. The molecule has 0 radical (unpaired) electrons. The van der Waals surface area contributed by atoms with Gasteiger partial charge in [0.1, 0.15) is 0 Å². The number of pyridine rings is 2. The van der Waals surface area contributed by atoms with Crippen LogP contribution in [0.5, 0.6) is 0 Å². The van der Waals surface area contributed by atoms with E-state index in [9.17, 15) is 0 Å². The van der Waals surface area contributed by atoms with Crippen LogP contribution in [-0.4, -0.2) is 9.97 Å². The van der Waals surface area contributed by atoms with E-state index in [-0.39, 0.29) is 0 Å². The van der Waals surface area contributed by atoms with E-state index < -0.39 is 0 Å². The van der Waals surface area contributed by atoms with Crippen molar-refractivity contribution in [1.29, 1.82) is 0 Å². The van der Waals surface area contributed by atoms with Crippen molar-refractivity contribution in [2.75, 3.05) is 0 Å². The van der Waals surface area contributed by atoms with Gasteiger partial charge >= 0.3 is 0 Å². The maximum atomic E-state index is 4.24. The van der Waals surface area contributed by atoms with Crippen molar-refractivity contribution < 1.29 is 0 Å². The highest BCUT2D eigenvalue weighted by Crippen LogP contribution is 2.00. The summed E-state index contributed by atoms with van der Waals surface area (Å²) in [4.78, 5) is 8.39. The van der Waals surface area contributed by atoms with Crippen molar-refractivity contribution in [2.45, 2.75) is 0 Å². The van der Waals surface area contributed by atoms with Crippen molar-refractivity contribution in [1.82, 2.24) is 9.97 Å². The molecule has 0 amide bonds. The Morgan fingerprint density at radius 3 is 2.83 bits per heavy atom. The Bertz CT molecular complexity index is 468. The van der Waals surface area contributed by atoms with Gasteiger partial charge in [-0.1, -0.05) is 13.2 Å². The summed E-state index contributed by atoms with van der Waals surface area (Å²) in [7, 11) is 0. The molecule has 0 fully saturated rings. The van der Waals surface area contributed by atoms with Crippen LogP contribution < -0.4 is 10.6 Å². The molecular formula is C10H8N2. The molecule has 0 aliphatic carbocycles. The molecule has 2 nitrogen and oxygen atoms in total. The fourth-order valence-corrected chi connectivity index (χ4v) is 1.08. The van der Waals surface area contributed by atoms with Crippen LogP contribution in [0.15, 0.2) is 24.4 Å². The molecule has 0 saturated carbocycles. The Hall–Kier alpha value is -1.70. The van der Waals surface area contributed by atoms with Gasteiger partial charge in [-0.25, -0.2) is 4.98 Å². The summed E-state index contributed by atoms with van der Waals surface area (Å²) in [6, 6.07) is 5.67. The topological polar surface area (TPSA) is 25.8 Å². The molecule has 2 heterocycles. The van der Waals surface area contributed by atoms with E-state index in [1.165, 1.54) is 0 Å². The zero-order chi connectivity index (χ0) is 8.55. The number of hydrogen-bond donors (Lipinski definition) is 0. The summed E-state index contributed by atoms with van der Waals surface area (Å²) in [6.45, 7) is 7.57. The first kappa shape index (κ1) is 6.98. The Morgan fingerprint density at radius 2 is 2.00 bits per heavy atom. The van der Waals surface area contributed by atoms with E-state index in [1.807, 2.05) is 18.2 Å². The number of hydrogen-bond acceptors (Lipinski definition) is 2. The standard InChI is InChI=1S/C10H8N2/c1-7-6-10-9(12-8(7)2)4-3-5-11-10/h3-6H,1-2H2. The first-order valence-electron chi connectivity index (χ1n) is 3.67. The first-order chi connectivity index (χ1) is 5.77. The predicted octanol–water partition coefficient (Wildman–Crippen LogP) is 0.450. The minimum Gasteiger partial charge on any atom is -0.255 e. The normalized spacial score (nSPS) is 10.3. The van der Waals surface area contributed by atoms with Gasteiger partial charge < -0.3 is 0 Å². The second-order valence-electron chi connectivity index (χ2n) is 2.64. The molecule has 2 rings (SSSR count). The van der Waals surface area contributed by atoms with E-state index >= 15 is 0 Å². The monoisotopic (exact) mass is 156 g/mol. The Labute approximate surface area is 69.9 Å². The molecule has 0 bridgehead atoms. The molecule has 0 unspecified atom stereocenters. The number of rotatable bonds is 0. The highest BCUT2D eigenvalue weighted by molar-refractivity contribution is 5.73. The van der Waals surface area contributed by atoms with Crippen LogP contribution >= 0.6 is 0 Å². The van der Waals surface area contributed by atoms with Gasteiger partial charge in [-0.3, -0.25) is 4.98 Å². The van der Waals surface area contributed by atoms with Gasteiger partial charge in [-0.15, -0.1) is 0 Å². The third kappa shape index (κ3) is 0.975. The molecule has 0 atom stereocenters. The fourth-order valence-electron chi connectivity index (χ4n) is 1.08. The largest absolute Gasteiger partial charge is 0.255 e. The van der Waals surface area contributed by atoms with Gasteiger partial charge in [0.25, 0.3) is 0 Å². The van der Waals surface area contributed by atoms with Crippen LogP contribution in [0.1, 0.15) is 0 Å².